The standard InChI is InChI=1S/C21H19ClN4O6S/c1-2-32-20(28)16-15(11-3-5-12(22)6-4-11)17(33-18(16)23)19(27)25-21(29)24-13-7-9-14(10-8-13)26(30)31/h3-10,15,17H,2,23H2,1H3,(H2,24,25,27,29). The number of nitrogens with two attached hydrogens (primary N) is 1. The number of hydrogen-bond acceptors (Lipinski definition) is 8. The van der Waals surface area contributed by atoms with E-state index in [1.54, 1.807) is 31.2 Å². The van der Waals surface area contributed by atoms with Crippen LogP contribution in [0.15, 0.2) is 59.1 Å². The number of urea groups is 1. The minimum Gasteiger partial charge on any atom is -0.463 e. The predicted molar refractivity (Wildman–Crippen MR) is 124 cm³/mol. The lowest BCUT2D eigenvalue weighted by Gasteiger charge is -2.21. The van der Waals surface area contributed by atoms with Crippen LogP contribution in [0.1, 0.15) is 18.4 Å². The number of nitro benzene ring substituents is 1. The molecule has 3 amide bonds. The van der Waals surface area contributed by atoms with Crippen LogP contribution in [0.4, 0.5) is 16.2 Å². The van der Waals surface area contributed by atoms with E-state index >= 15 is 0 Å². The van der Waals surface area contributed by atoms with Crippen molar-refractivity contribution < 1.29 is 24.0 Å². The van der Waals surface area contributed by atoms with Crippen LogP contribution < -0.4 is 16.4 Å². The number of carbonyl (C=O) groups excluding carboxylic acids is 3. The number of carbonyl (C=O) groups is 3. The second kappa shape index (κ2) is 10.4. The van der Waals surface area contributed by atoms with Gasteiger partial charge in [-0.15, -0.1) is 0 Å². The molecule has 0 saturated heterocycles. The summed E-state index contributed by atoms with van der Waals surface area (Å²) in [4.78, 5) is 48.0. The topological polar surface area (TPSA) is 154 Å². The van der Waals surface area contributed by atoms with Crippen molar-refractivity contribution in [1.29, 1.82) is 0 Å². The van der Waals surface area contributed by atoms with Gasteiger partial charge in [-0.2, -0.15) is 0 Å². The van der Waals surface area contributed by atoms with E-state index in [0.29, 0.717) is 10.6 Å². The molecule has 1 heterocycles. The first-order valence-corrected chi connectivity index (χ1v) is 10.9. The van der Waals surface area contributed by atoms with E-state index in [-0.39, 0.29) is 28.6 Å². The van der Waals surface area contributed by atoms with E-state index in [9.17, 15) is 24.5 Å². The highest BCUT2D eigenvalue weighted by Gasteiger charge is 2.44. The van der Waals surface area contributed by atoms with Crippen LogP contribution in [0.3, 0.4) is 0 Å². The fraction of sp³-hybridized carbons (Fsp3) is 0.190. The van der Waals surface area contributed by atoms with E-state index in [4.69, 9.17) is 22.1 Å². The molecule has 3 rings (SSSR count). The van der Waals surface area contributed by atoms with Crippen molar-refractivity contribution in [2.45, 2.75) is 18.1 Å². The third kappa shape index (κ3) is 5.62. The summed E-state index contributed by atoms with van der Waals surface area (Å²) in [6.07, 6.45) is 0. The Balaban J connectivity index is 1.78. The SMILES string of the molecule is CCOC(=O)C1=C(N)SC(C(=O)NC(=O)Nc2ccc([N+](=O)[O-])cc2)C1c1ccc(Cl)cc1. The molecule has 0 bridgehead atoms. The molecule has 0 aliphatic carbocycles. The Labute approximate surface area is 197 Å². The maximum absolute atomic E-state index is 13.0. The zero-order valence-electron chi connectivity index (χ0n) is 17.2. The number of anilines is 1. The number of amides is 3. The Kier molecular flexibility index (Phi) is 7.56. The van der Waals surface area contributed by atoms with E-state index in [2.05, 4.69) is 10.6 Å². The predicted octanol–water partition coefficient (Wildman–Crippen LogP) is 3.53. The first kappa shape index (κ1) is 24.1. The largest absolute Gasteiger partial charge is 0.463 e. The molecular weight excluding hydrogens is 472 g/mol. The molecule has 10 nitrogen and oxygen atoms in total. The molecule has 33 heavy (non-hydrogen) atoms. The number of hydrogen-bond donors (Lipinski definition) is 3. The van der Waals surface area contributed by atoms with Gasteiger partial charge >= 0.3 is 12.0 Å². The summed E-state index contributed by atoms with van der Waals surface area (Å²) in [6.45, 7) is 1.78. The third-order valence-electron chi connectivity index (χ3n) is 4.69. The van der Waals surface area contributed by atoms with Gasteiger partial charge in [0.2, 0.25) is 5.91 Å². The summed E-state index contributed by atoms with van der Waals surface area (Å²) >= 11 is 6.92. The number of nitrogens with one attached hydrogen (secondary N) is 2. The fourth-order valence-electron chi connectivity index (χ4n) is 3.24. The molecule has 1 aliphatic rings. The first-order valence-electron chi connectivity index (χ1n) is 9.66. The Morgan fingerprint density at radius 2 is 1.79 bits per heavy atom. The van der Waals surface area contributed by atoms with E-state index in [1.165, 1.54) is 24.3 Å². The molecule has 2 atom stereocenters. The van der Waals surface area contributed by atoms with Crippen molar-refractivity contribution in [2.75, 3.05) is 11.9 Å². The average molecular weight is 491 g/mol. The number of nitrogens with zero attached hydrogens (tertiary/aromatic N) is 1. The lowest BCUT2D eigenvalue weighted by Crippen LogP contribution is -2.41. The van der Waals surface area contributed by atoms with Gasteiger partial charge in [0.25, 0.3) is 5.69 Å². The molecule has 0 aromatic heterocycles. The van der Waals surface area contributed by atoms with Gasteiger partial charge in [0.15, 0.2) is 0 Å². The normalized spacial score (nSPS) is 17.4. The Hall–Kier alpha value is -3.57. The Bertz CT molecular complexity index is 1120. The number of esters is 1. The molecule has 2 aromatic carbocycles. The van der Waals surface area contributed by atoms with Crippen molar-refractivity contribution in [3.05, 3.63) is 79.8 Å². The van der Waals surface area contributed by atoms with Crippen LogP contribution >= 0.6 is 23.4 Å². The van der Waals surface area contributed by atoms with Crippen LogP contribution in [0.25, 0.3) is 0 Å². The Morgan fingerprint density at radius 3 is 2.36 bits per heavy atom. The quantitative estimate of drug-likeness (QED) is 0.315. The van der Waals surface area contributed by atoms with Gasteiger partial charge in [-0.1, -0.05) is 35.5 Å². The van der Waals surface area contributed by atoms with Crippen molar-refractivity contribution in [1.82, 2.24) is 5.32 Å². The Morgan fingerprint density at radius 1 is 1.15 bits per heavy atom. The zero-order chi connectivity index (χ0) is 24.1. The zero-order valence-corrected chi connectivity index (χ0v) is 18.8. The summed E-state index contributed by atoms with van der Waals surface area (Å²) in [7, 11) is 0. The number of non-ortho nitro benzene ring substituents is 1. The van der Waals surface area contributed by atoms with Gasteiger partial charge < -0.3 is 15.8 Å². The summed E-state index contributed by atoms with van der Waals surface area (Å²) in [5.41, 5.74) is 6.92. The smallest absolute Gasteiger partial charge is 0.337 e. The molecule has 2 aromatic rings. The number of nitro groups is 1. The second-order valence-corrected chi connectivity index (χ2v) is 8.43. The lowest BCUT2D eigenvalue weighted by atomic mass is 9.88. The third-order valence-corrected chi connectivity index (χ3v) is 6.15. The van der Waals surface area contributed by atoms with Gasteiger partial charge in [-0.05, 0) is 36.8 Å². The average Bonchev–Trinajstić information content (AvgIpc) is 3.12. The van der Waals surface area contributed by atoms with Gasteiger partial charge in [0, 0.05) is 28.8 Å². The fourth-order valence-corrected chi connectivity index (χ4v) is 4.57. The first-order chi connectivity index (χ1) is 15.7. The van der Waals surface area contributed by atoms with Crippen molar-refractivity contribution >= 4 is 52.6 Å². The summed E-state index contributed by atoms with van der Waals surface area (Å²) in [5.74, 6) is -2.09. The van der Waals surface area contributed by atoms with Crippen LogP contribution in [0, 0.1) is 10.1 Å². The van der Waals surface area contributed by atoms with Crippen molar-refractivity contribution in [2.24, 2.45) is 5.73 Å². The second-order valence-electron chi connectivity index (χ2n) is 6.81. The summed E-state index contributed by atoms with van der Waals surface area (Å²) < 4.78 is 5.11. The summed E-state index contributed by atoms with van der Waals surface area (Å²) in [6, 6.07) is 10.8. The van der Waals surface area contributed by atoms with Crippen LogP contribution in [0.5, 0.6) is 0 Å². The highest BCUT2D eigenvalue weighted by molar-refractivity contribution is 8.04. The highest BCUT2D eigenvalue weighted by atomic mass is 35.5. The maximum Gasteiger partial charge on any atom is 0.337 e. The minimum atomic E-state index is -0.923. The van der Waals surface area contributed by atoms with E-state index in [1.807, 2.05) is 0 Å². The van der Waals surface area contributed by atoms with Gasteiger partial charge in [0.1, 0.15) is 5.25 Å². The van der Waals surface area contributed by atoms with Gasteiger partial charge in [0.05, 0.1) is 22.1 Å². The van der Waals surface area contributed by atoms with Crippen molar-refractivity contribution in [3.8, 4) is 0 Å². The molecule has 4 N–H and O–H groups in total. The molecular formula is C21H19ClN4O6S. The number of rotatable bonds is 6. The minimum absolute atomic E-state index is 0.127. The van der Waals surface area contributed by atoms with Crippen LogP contribution in [0.2, 0.25) is 5.02 Å². The molecule has 0 fully saturated rings. The van der Waals surface area contributed by atoms with Crippen LogP contribution in [-0.2, 0) is 14.3 Å². The number of imide groups is 1. The van der Waals surface area contributed by atoms with Crippen LogP contribution in [-0.4, -0.2) is 34.7 Å². The molecule has 12 heteroatoms. The highest BCUT2D eigenvalue weighted by Crippen LogP contribution is 2.46. The molecule has 0 saturated carbocycles. The monoisotopic (exact) mass is 490 g/mol. The number of halogens is 1. The molecule has 2 unspecified atom stereocenters. The lowest BCUT2D eigenvalue weighted by molar-refractivity contribution is -0.384. The molecule has 172 valence electrons. The number of ether oxygens (including phenoxy) is 1. The molecule has 0 radical (unpaired) electrons. The van der Waals surface area contributed by atoms with Gasteiger partial charge in [-0.3, -0.25) is 20.2 Å². The van der Waals surface area contributed by atoms with E-state index in [0.717, 1.165) is 11.8 Å². The van der Waals surface area contributed by atoms with Crippen molar-refractivity contribution in [3.63, 3.8) is 0 Å². The number of thioether (sulfide) groups is 1. The molecule has 1 aliphatic heterocycles. The van der Waals surface area contributed by atoms with Gasteiger partial charge in [-0.25, -0.2) is 9.59 Å². The molecule has 0 spiro atoms. The van der Waals surface area contributed by atoms with E-state index < -0.39 is 34.0 Å². The maximum atomic E-state index is 13.0. The summed E-state index contributed by atoms with van der Waals surface area (Å²) in [5, 5.41) is 15.1. The number of benzene rings is 2.